The molecule has 2 heterocycles. The maximum Gasteiger partial charge on any atom is 0.257 e. The van der Waals surface area contributed by atoms with Crippen molar-refractivity contribution >= 4 is 5.69 Å². The average molecular weight is 241 g/mol. The van der Waals surface area contributed by atoms with Crippen molar-refractivity contribution in [3.05, 3.63) is 29.6 Å². The predicted molar refractivity (Wildman–Crippen MR) is 68.4 cm³/mol. The highest BCUT2D eigenvalue weighted by molar-refractivity contribution is 5.66. The van der Waals surface area contributed by atoms with Crippen molar-refractivity contribution in [2.75, 3.05) is 11.9 Å². The maximum absolute atomic E-state index is 5.35. The van der Waals surface area contributed by atoms with Crippen molar-refractivity contribution < 1.29 is 4.52 Å². The molecule has 0 radical (unpaired) electrons. The molecule has 0 bridgehead atoms. The van der Waals surface area contributed by atoms with Gasteiger partial charge in [-0.1, -0.05) is 11.2 Å². The highest BCUT2D eigenvalue weighted by Gasteiger charge is 2.24. The summed E-state index contributed by atoms with van der Waals surface area (Å²) in [6.45, 7) is 1.02. The van der Waals surface area contributed by atoms with E-state index in [1.165, 1.54) is 24.1 Å². The number of nitrogens with zero attached hydrogens (tertiary/aromatic N) is 2. The van der Waals surface area contributed by atoms with Crippen LogP contribution in [-0.4, -0.2) is 16.7 Å². The van der Waals surface area contributed by atoms with Crippen LogP contribution in [0.5, 0.6) is 0 Å². The molecule has 1 saturated carbocycles. The maximum atomic E-state index is 5.35. The van der Waals surface area contributed by atoms with Crippen LogP contribution in [0, 0.1) is 5.92 Å². The van der Waals surface area contributed by atoms with Gasteiger partial charge in [-0.25, -0.2) is 0 Å². The van der Waals surface area contributed by atoms with E-state index < -0.39 is 0 Å². The van der Waals surface area contributed by atoms with Crippen molar-refractivity contribution in [2.24, 2.45) is 5.92 Å². The average Bonchev–Trinajstić information content (AvgIpc) is 2.91. The fraction of sp³-hybridized carbons (Fsp3) is 0.429. The Morgan fingerprint density at radius 2 is 2.28 bits per heavy atom. The smallest absolute Gasteiger partial charge is 0.257 e. The van der Waals surface area contributed by atoms with Crippen LogP contribution < -0.4 is 5.32 Å². The van der Waals surface area contributed by atoms with Gasteiger partial charge in [0.25, 0.3) is 5.89 Å². The Balaban J connectivity index is 1.63. The third-order valence-electron chi connectivity index (χ3n) is 3.70. The van der Waals surface area contributed by atoms with E-state index in [0.717, 1.165) is 36.7 Å². The molecule has 1 fully saturated rings. The standard InChI is InChI=1S/C14H15N3O/c1-2-9(1)7-13-16-14(18-17-13)11-4-3-10-5-6-15-12(10)8-11/h3-4,8-9,15H,1-2,5-7H2. The number of nitrogens with one attached hydrogen (secondary N) is 1. The minimum atomic E-state index is 0.641. The van der Waals surface area contributed by atoms with Crippen LogP contribution in [-0.2, 0) is 12.8 Å². The summed E-state index contributed by atoms with van der Waals surface area (Å²) < 4.78 is 5.35. The molecule has 2 aliphatic rings. The quantitative estimate of drug-likeness (QED) is 0.897. The summed E-state index contributed by atoms with van der Waals surface area (Å²) in [5, 5.41) is 7.43. The Hall–Kier alpha value is -1.84. The first-order valence-electron chi connectivity index (χ1n) is 6.58. The van der Waals surface area contributed by atoms with Gasteiger partial charge in [0, 0.05) is 24.2 Å². The van der Waals surface area contributed by atoms with Gasteiger partial charge in [0.05, 0.1) is 0 Å². The van der Waals surface area contributed by atoms with Crippen LogP contribution in [0.15, 0.2) is 22.7 Å². The van der Waals surface area contributed by atoms with E-state index in [0.29, 0.717) is 5.89 Å². The fourth-order valence-electron chi connectivity index (χ4n) is 2.46. The van der Waals surface area contributed by atoms with Gasteiger partial charge in [-0.2, -0.15) is 4.98 Å². The number of hydrogen-bond acceptors (Lipinski definition) is 4. The second-order valence-electron chi connectivity index (χ2n) is 5.21. The molecule has 4 heteroatoms. The molecule has 18 heavy (non-hydrogen) atoms. The lowest BCUT2D eigenvalue weighted by molar-refractivity contribution is 0.421. The monoisotopic (exact) mass is 241 g/mol. The molecule has 0 amide bonds. The lowest BCUT2D eigenvalue weighted by Gasteiger charge is -2.00. The summed E-state index contributed by atoms with van der Waals surface area (Å²) in [7, 11) is 0. The molecule has 1 aliphatic carbocycles. The van der Waals surface area contributed by atoms with E-state index in [1.54, 1.807) is 0 Å². The number of benzene rings is 1. The van der Waals surface area contributed by atoms with Crippen LogP contribution in [0.3, 0.4) is 0 Å². The predicted octanol–water partition coefficient (Wildman–Crippen LogP) is 2.66. The van der Waals surface area contributed by atoms with Gasteiger partial charge >= 0.3 is 0 Å². The Morgan fingerprint density at radius 1 is 1.33 bits per heavy atom. The molecular formula is C14H15N3O. The van der Waals surface area contributed by atoms with Gasteiger partial charge in [-0.3, -0.25) is 0 Å². The first-order chi connectivity index (χ1) is 8.88. The van der Waals surface area contributed by atoms with E-state index in [-0.39, 0.29) is 0 Å². The third-order valence-corrected chi connectivity index (χ3v) is 3.70. The second-order valence-corrected chi connectivity index (χ2v) is 5.21. The molecule has 0 unspecified atom stereocenters. The minimum Gasteiger partial charge on any atom is -0.384 e. The van der Waals surface area contributed by atoms with Crippen LogP contribution >= 0.6 is 0 Å². The van der Waals surface area contributed by atoms with Gasteiger partial charge in [-0.15, -0.1) is 0 Å². The summed E-state index contributed by atoms with van der Waals surface area (Å²) >= 11 is 0. The molecule has 1 aliphatic heterocycles. The number of aromatic nitrogens is 2. The largest absolute Gasteiger partial charge is 0.384 e. The topological polar surface area (TPSA) is 51.0 Å². The molecule has 2 aromatic rings. The Labute approximate surface area is 105 Å². The summed E-state index contributed by atoms with van der Waals surface area (Å²) in [6, 6.07) is 6.33. The van der Waals surface area contributed by atoms with Crippen molar-refractivity contribution in [1.82, 2.24) is 10.1 Å². The molecular weight excluding hydrogens is 226 g/mol. The number of fused-ring (bicyclic) bond motifs is 1. The van der Waals surface area contributed by atoms with Gasteiger partial charge < -0.3 is 9.84 Å². The molecule has 1 aromatic carbocycles. The number of rotatable bonds is 3. The first kappa shape index (κ1) is 10.1. The van der Waals surface area contributed by atoms with E-state index >= 15 is 0 Å². The van der Waals surface area contributed by atoms with Crippen LogP contribution in [0.25, 0.3) is 11.5 Å². The van der Waals surface area contributed by atoms with Crippen LogP contribution in [0.2, 0.25) is 0 Å². The van der Waals surface area contributed by atoms with E-state index in [2.05, 4.69) is 33.7 Å². The first-order valence-corrected chi connectivity index (χ1v) is 6.58. The zero-order valence-electron chi connectivity index (χ0n) is 10.1. The molecule has 0 saturated heterocycles. The summed E-state index contributed by atoms with van der Waals surface area (Å²) in [5.41, 5.74) is 3.59. The Morgan fingerprint density at radius 3 is 3.17 bits per heavy atom. The van der Waals surface area contributed by atoms with Crippen molar-refractivity contribution in [2.45, 2.75) is 25.7 Å². The molecule has 4 nitrogen and oxygen atoms in total. The number of anilines is 1. The van der Waals surface area contributed by atoms with Gasteiger partial charge in [0.1, 0.15) is 0 Å². The molecule has 1 N–H and O–H groups in total. The third kappa shape index (κ3) is 1.78. The lowest BCUT2D eigenvalue weighted by atomic mass is 10.1. The van der Waals surface area contributed by atoms with Crippen molar-refractivity contribution in [1.29, 1.82) is 0 Å². The molecule has 92 valence electrons. The lowest BCUT2D eigenvalue weighted by Crippen LogP contribution is -1.91. The summed E-state index contributed by atoms with van der Waals surface area (Å²) in [4.78, 5) is 4.48. The molecule has 0 spiro atoms. The van der Waals surface area contributed by atoms with Crippen molar-refractivity contribution in [3.8, 4) is 11.5 Å². The Kier molecular flexibility index (Phi) is 2.15. The summed E-state index contributed by atoms with van der Waals surface area (Å²) in [5.74, 6) is 2.28. The van der Waals surface area contributed by atoms with Gasteiger partial charge in [0.15, 0.2) is 5.82 Å². The summed E-state index contributed by atoms with van der Waals surface area (Å²) in [6.07, 6.45) is 4.69. The van der Waals surface area contributed by atoms with E-state index in [9.17, 15) is 0 Å². The normalized spacial score (nSPS) is 17.6. The highest BCUT2D eigenvalue weighted by Crippen LogP contribution is 2.33. The molecule has 1 aromatic heterocycles. The van der Waals surface area contributed by atoms with E-state index in [4.69, 9.17) is 4.52 Å². The van der Waals surface area contributed by atoms with E-state index in [1.807, 2.05) is 0 Å². The zero-order chi connectivity index (χ0) is 11.9. The van der Waals surface area contributed by atoms with Gasteiger partial charge in [0.2, 0.25) is 0 Å². The van der Waals surface area contributed by atoms with Crippen LogP contribution in [0.4, 0.5) is 5.69 Å². The fourth-order valence-corrected chi connectivity index (χ4v) is 2.46. The van der Waals surface area contributed by atoms with Gasteiger partial charge in [-0.05, 0) is 42.9 Å². The van der Waals surface area contributed by atoms with Crippen LogP contribution in [0.1, 0.15) is 24.2 Å². The highest BCUT2D eigenvalue weighted by atomic mass is 16.5. The second kappa shape index (κ2) is 3.83. The Bertz CT molecular complexity index is 586. The minimum absolute atomic E-state index is 0.641. The SMILES string of the molecule is c1cc2c(cc1-c1nc(CC3CC3)no1)NCC2. The molecule has 0 atom stereocenters. The number of hydrogen-bond donors (Lipinski definition) is 1. The van der Waals surface area contributed by atoms with Crippen molar-refractivity contribution in [3.63, 3.8) is 0 Å². The zero-order valence-corrected chi connectivity index (χ0v) is 10.1. The molecule has 4 rings (SSSR count).